The van der Waals surface area contributed by atoms with Crippen LogP contribution in [0.4, 0.5) is 0 Å². The van der Waals surface area contributed by atoms with E-state index in [9.17, 15) is 15.1 Å². The number of aromatic hydroxyl groups is 1. The number of phenolic OH excluding ortho intramolecular Hbond substituents is 1. The van der Waals surface area contributed by atoms with Crippen LogP contribution in [0.1, 0.15) is 11.1 Å². The molecule has 2 N–H and O–H groups in total. The van der Waals surface area contributed by atoms with Gasteiger partial charge in [-0.15, -0.1) is 0 Å². The van der Waals surface area contributed by atoms with Crippen LogP contribution in [-0.4, -0.2) is 10.00 Å². The number of aryl methyl sites for hydroxylation is 2. The van der Waals surface area contributed by atoms with Crippen molar-refractivity contribution in [2.75, 3.05) is 0 Å². The van der Waals surface area contributed by atoms with E-state index in [1.807, 2.05) is 0 Å². The van der Waals surface area contributed by atoms with E-state index in [1.54, 1.807) is 38.1 Å². The van der Waals surface area contributed by atoms with Crippen molar-refractivity contribution in [2.45, 2.75) is 13.8 Å². The van der Waals surface area contributed by atoms with Crippen LogP contribution in [0.25, 0.3) is 0 Å². The Kier molecular flexibility index (Phi) is 6.86. The molecule has 2 aromatic carbocycles. The van der Waals surface area contributed by atoms with Crippen molar-refractivity contribution >= 4 is 19.4 Å². The van der Waals surface area contributed by atoms with Gasteiger partial charge in [0.2, 0.25) is 5.75 Å². The zero-order chi connectivity index (χ0) is 15.6. The molecule has 2 rings (SSSR count). The first-order valence-corrected chi connectivity index (χ1v) is 8.66. The van der Waals surface area contributed by atoms with Crippen molar-refractivity contribution in [3.05, 3.63) is 47.5 Å². The third kappa shape index (κ3) is 4.69. The fourth-order valence-electron chi connectivity index (χ4n) is 1.67. The number of benzene rings is 2. The smallest absolute Gasteiger partial charge is 0.870 e. The molecule has 0 aliphatic rings. The van der Waals surface area contributed by atoms with E-state index < -0.39 is 7.15 Å². The molecule has 0 aromatic heterocycles. The van der Waals surface area contributed by atoms with Gasteiger partial charge in [-0.2, -0.15) is 4.89 Å². The maximum atomic E-state index is 11.9. The summed E-state index contributed by atoms with van der Waals surface area (Å²) in [5, 5.41) is 21.7. The van der Waals surface area contributed by atoms with Crippen LogP contribution in [0.2, 0.25) is 0 Å². The summed E-state index contributed by atoms with van der Waals surface area (Å²) < 4.78 is 10.3. The van der Waals surface area contributed by atoms with Gasteiger partial charge < -0.3 is 27.0 Å². The van der Waals surface area contributed by atoms with Crippen LogP contribution in [0.15, 0.2) is 36.4 Å². The molecule has 0 spiro atoms. The summed E-state index contributed by atoms with van der Waals surface area (Å²) in [6.45, 7) is 3.31. The van der Waals surface area contributed by atoms with E-state index >= 15 is 0 Å². The van der Waals surface area contributed by atoms with Crippen molar-refractivity contribution in [3.63, 3.8) is 0 Å². The minimum absolute atomic E-state index is 0. The fraction of sp³-hybridized carbons (Fsp3) is 0.143. The average molecular weight is 348 g/mol. The Hall–Kier alpha value is -0.620. The van der Waals surface area contributed by atoms with Crippen molar-refractivity contribution in [1.29, 1.82) is 0 Å². The van der Waals surface area contributed by atoms with Crippen molar-refractivity contribution < 1.29 is 53.7 Å². The Labute approximate surface area is 156 Å². The Bertz CT molecular complexity index is 610. The summed E-state index contributed by atoms with van der Waals surface area (Å²) in [4.78, 5) is 10.1. The van der Waals surface area contributed by atoms with Gasteiger partial charge in [0.05, 0.1) is 0 Å². The van der Waals surface area contributed by atoms with Crippen molar-refractivity contribution in [2.24, 2.45) is 0 Å². The number of rotatable bonds is 4. The summed E-state index contributed by atoms with van der Waals surface area (Å²) in [7, 11) is -3.76. The fourth-order valence-corrected chi connectivity index (χ4v) is 2.98. The van der Waals surface area contributed by atoms with Gasteiger partial charge in [0.25, 0.3) is 0 Å². The van der Waals surface area contributed by atoms with E-state index in [0.717, 1.165) is 0 Å². The van der Waals surface area contributed by atoms with Crippen LogP contribution in [0, 0.1) is 13.8 Å². The standard InChI is InChI=1S/C14H15O5PS.Na/c1-9-5-3-7-11(13(9)15)18-20(17,21)19-12-8-4-6-10(2)14(12)16;/h3-8,15-16H,1-2H3,(H,17,21);/q;+1/p-1. The molecule has 8 heteroatoms. The maximum absolute atomic E-state index is 11.9. The maximum Gasteiger partial charge on any atom is 1.00 e. The molecule has 1 atom stereocenters. The topological polar surface area (TPSA) is 82.0 Å². The predicted molar refractivity (Wildman–Crippen MR) is 81.2 cm³/mol. The number of para-hydroxylation sites is 2. The number of hydrogen-bond acceptors (Lipinski definition) is 6. The molecule has 5 nitrogen and oxygen atoms in total. The third-order valence-corrected chi connectivity index (χ3v) is 4.11. The van der Waals surface area contributed by atoms with Crippen LogP contribution < -0.4 is 43.7 Å². The molecule has 0 bridgehead atoms. The van der Waals surface area contributed by atoms with Crippen LogP contribution in [0.3, 0.4) is 0 Å². The molecule has 0 saturated heterocycles. The molecule has 0 amide bonds. The second-order valence-electron chi connectivity index (χ2n) is 4.47. The Morgan fingerprint density at radius 1 is 1.00 bits per heavy atom. The van der Waals surface area contributed by atoms with Crippen LogP contribution >= 0.6 is 7.15 Å². The Balaban J connectivity index is 0.00000242. The first-order valence-electron chi connectivity index (χ1n) is 6.07. The van der Waals surface area contributed by atoms with Gasteiger partial charge in [0, 0.05) is 0 Å². The molecular weight excluding hydrogens is 334 g/mol. The summed E-state index contributed by atoms with van der Waals surface area (Å²) in [5.41, 5.74) is 1.04. The molecule has 0 heterocycles. The molecule has 0 fully saturated rings. The number of phenols is 1. The summed E-state index contributed by atoms with van der Waals surface area (Å²) in [6, 6.07) is 9.43. The molecular formula is C14H14NaO5PS. The second-order valence-corrected chi connectivity index (χ2v) is 7.16. The first-order chi connectivity index (χ1) is 9.80. The Morgan fingerprint density at radius 3 is 2.14 bits per heavy atom. The molecule has 112 valence electrons. The van der Waals surface area contributed by atoms with E-state index in [2.05, 4.69) is 0 Å². The summed E-state index contributed by atoms with van der Waals surface area (Å²) >= 11 is 4.89. The van der Waals surface area contributed by atoms with Gasteiger partial charge in [0.1, 0.15) is 0 Å². The van der Waals surface area contributed by atoms with Gasteiger partial charge in [-0.3, -0.25) is 4.52 Å². The Morgan fingerprint density at radius 2 is 1.50 bits per heavy atom. The summed E-state index contributed by atoms with van der Waals surface area (Å²) in [6.07, 6.45) is 0. The predicted octanol–water partition coefficient (Wildman–Crippen LogP) is -0.239. The van der Waals surface area contributed by atoms with Gasteiger partial charge in [-0.05, 0) is 31.5 Å². The summed E-state index contributed by atoms with van der Waals surface area (Å²) in [5.74, 6) is -0.553. The van der Waals surface area contributed by atoms with E-state index in [4.69, 9.17) is 21.3 Å². The van der Waals surface area contributed by atoms with Crippen LogP contribution in [-0.2, 0) is 12.2 Å². The molecule has 22 heavy (non-hydrogen) atoms. The van der Waals surface area contributed by atoms with Gasteiger partial charge in [-0.25, -0.2) is 0 Å². The zero-order valence-corrected chi connectivity index (χ0v) is 16.1. The minimum atomic E-state index is -3.76. The zero-order valence-electron chi connectivity index (χ0n) is 12.4. The normalized spacial score (nSPS) is 12.9. The SMILES string of the molecule is Cc1cccc(O[P+](O)([S-])Oc2cccc(C)c2O)c1[O-].[Na+]. The first kappa shape index (κ1) is 19.4. The van der Waals surface area contributed by atoms with Crippen molar-refractivity contribution in [1.82, 2.24) is 0 Å². The monoisotopic (exact) mass is 348 g/mol. The molecule has 0 aliphatic carbocycles. The third-order valence-electron chi connectivity index (χ3n) is 2.80. The average Bonchev–Trinajstić information content (AvgIpc) is 2.40. The molecule has 0 aliphatic heterocycles. The van der Waals surface area contributed by atoms with Gasteiger partial charge in [0.15, 0.2) is 11.5 Å². The molecule has 2 aromatic rings. The largest absolute Gasteiger partial charge is 1.00 e. The number of hydrogen-bond donors (Lipinski definition) is 2. The minimum Gasteiger partial charge on any atom is -0.870 e. The van der Waals surface area contributed by atoms with Gasteiger partial charge >= 0.3 is 36.7 Å². The molecule has 0 saturated carbocycles. The van der Waals surface area contributed by atoms with E-state index in [0.29, 0.717) is 11.1 Å². The van der Waals surface area contributed by atoms with Gasteiger partial charge in [-0.1, -0.05) is 35.6 Å². The molecule has 0 radical (unpaired) electrons. The van der Waals surface area contributed by atoms with E-state index in [1.165, 1.54) is 12.1 Å². The molecule has 1 unspecified atom stereocenters. The quantitative estimate of drug-likeness (QED) is 0.451. The van der Waals surface area contributed by atoms with E-state index in [-0.39, 0.29) is 52.6 Å². The van der Waals surface area contributed by atoms with Crippen molar-refractivity contribution in [3.8, 4) is 23.0 Å². The van der Waals surface area contributed by atoms with Crippen LogP contribution in [0.5, 0.6) is 23.0 Å². The second kappa shape index (κ2) is 7.77.